The first kappa shape index (κ1) is 13.3. The summed E-state index contributed by atoms with van der Waals surface area (Å²) in [5.74, 6) is 0.381. The van der Waals surface area contributed by atoms with Crippen LogP contribution in [0.1, 0.15) is 34.5 Å². The number of nitrogens with zero attached hydrogens (tertiary/aromatic N) is 3. The normalized spacial score (nSPS) is 10.5. The standard InChI is InChI=1S/C14H17N3O2/c1-4-19-14(18)13-15-12(17(3)16-13)9-11-7-5-10(2)6-8-11/h5-8H,4,9H2,1-3H3. The summed E-state index contributed by atoms with van der Waals surface area (Å²) in [6, 6.07) is 8.21. The molecule has 0 saturated heterocycles. The molecule has 0 aliphatic carbocycles. The first-order chi connectivity index (χ1) is 9.10. The second-order valence-electron chi connectivity index (χ2n) is 4.36. The molecule has 0 unspecified atom stereocenters. The molecule has 0 radical (unpaired) electrons. The molecule has 0 aliphatic heterocycles. The number of hydrogen-bond acceptors (Lipinski definition) is 4. The third-order valence-electron chi connectivity index (χ3n) is 2.79. The van der Waals surface area contributed by atoms with Gasteiger partial charge in [0.2, 0.25) is 0 Å². The van der Waals surface area contributed by atoms with Gasteiger partial charge in [0.1, 0.15) is 5.82 Å². The van der Waals surface area contributed by atoms with Gasteiger partial charge in [0, 0.05) is 13.5 Å². The number of carbonyl (C=O) groups excluding carboxylic acids is 1. The van der Waals surface area contributed by atoms with Crippen LogP contribution in [0, 0.1) is 6.92 Å². The number of carbonyl (C=O) groups is 1. The molecule has 0 amide bonds. The number of esters is 1. The first-order valence-corrected chi connectivity index (χ1v) is 6.22. The predicted octanol–water partition coefficient (Wildman–Crippen LogP) is 1.89. The van der Waals surface area contributed by atoms with Crippen LogP contribution in [-0.2, 0) is 18.2 Å². The molecule has 1 aromatic carbocycles. The maximum absolute atomic E-state index is 11.5. The smallest absolute Gasteiger partial charge is 0.378 e. The number of aromatic nitrogens is 3. The van der Waals surface area contributed by atoms with Crippen molar-refractivity contribution < 1.29 is 9.53 Å². The molecule has 1 aromatic heterocycles. The molecule has 0 bridgehead atoms. The molecular formula is C14H17N3O2. The van der Waals surface area contributed by atoms with Crippen molar-refractivity contribution in [3.05, 3.63) is 47.0 Å². The lowest BCUT2D eigenvalue weighted by atomic mass is 10.1. The van der Waals surface area contributed by atoms with Gasteiger partial charge in [0.15, 0.2) is 0 Å². The highest BCUT2D eigenvalue weighted by Gasteiger charge is 2.15. The Bertz CT molecular complexity index is 573. The lowest BCUT2D eigenvalue weighted by Gasteiger charge is -2.01. The fourth-order valence-electron chi connectivity index (χ4n) is 1.74. The van der Waals surface area contributed by atoms with Gasteiger partial charge in [-0.25, -0.2) is 9.78 Å². The third-order valence-corrected chi connectivity index (χ3v) is 2.79. The van der Waals surface area contributed by atoms with E-state index in [-0.39, 0.29) is 5.82 Å². The quantitative estimate of drug-likeness (QED) is 0.787. The molecule has 2 rings (SSSR count). The molecule has 0 aliphatic rings. The maximum Gasteiger partial charge on any atom is 0.378 e. The molecule has 0 spiro atoms. The molecule has 1 heterocycles. The highest BCUT2D eigenvalue weighted by molar-refractivity contribution is 5.84. The fraction of sp³-hybridized carbons (Fsp3) is 0.357. The lowest BCUT2D eigenvalue weighted by Crippen LogP contribution is -2.07. The van der Waals surface area contributed by atoms with Crippen LogP contribution in [0.25, 0.3) is 0 Å². The van der Waals surface area contributed by atoms with Crippen LogP contribution in [0.15, 0.2) is 24.3 Å². The maximum atomic E-state index is 11.5. The van der Waals surface area contributed by atoms with E-state index in [1.54, 1.807) is 18.7 Å². The van der Waals surface area contributed by atoms with Crippen molar-refractivity contribution in [2.45, 2.75) is 20.3 Å². The molecule has 100 valence electrons. The van der Waals surface area contributed by atoms with Crippen LogP contribution in [0.2, 0.25) is 0 Å². The summed E-state index contributed by atoms with van der Waals surface area (Å²) in [7, 11) is 1.78. The van der Waals surface area contributed by atoms with E-state index in [0.717, 1.165) is 11.4 Å². The van der Waals surface area contributed by atoms with Gasteiger partial charge in [-0.3, -0.25) is 4.68 Å². The Balaban J connectivity index is 2.17. The molecule has 5 nitrogen and oxygen atoms in total. The summed E-state index contributed by atoms with van der Waals surface area (Å²) in [5, 5.41) is 4.07. The molecular weight excluding hydrogens is 242 g/mol. The van der Waals surface area contributed by atoms with E-state index >= 15 is 0 Å². The van der Waals surface area contributed by atoms with Gasteiger partial charge >= 0.3 is 5.97 Å². The molecule has 0 saturated carbocycles. The van der Waals surface area contributed by atoms with Gasteiger partial charge in [0.05, 0.1) is 6.61 Å². The SMILES string of the molecule is CCOC(=O)c1nc(Cc2ccc(C)cc2)n(C)n1. The Morgan fingerprint density at radius 2 is 2.00 bits per heavy atom. The van der Waals surface area contributed by atoms with Gasteiger partial charge < -0.3 is 4.74 Å². The van der Waals surface area contributed by atoms with E-state index in [4.69, 9.17) is 4.74 Å². The highest BCUT2D eigenvalue weighted by atomic mass is 16.5. The van der Waals surface area contributed by atoms with Gasteiger partial charge in [-0.05, 0) is 19.4 Å². The molecule has 19 heavy (non-hydrogen) atoms. The summed E-state index contributed by atoms with van der Waals surface area (Å²) < 4.78 is 6.50. The Kier molecular flexibility index (Phi) is 3.94. The van der Waals surface area contributed by atoms with Crippen LogP contribution < -0.4 is 0 Å². The van der Waals surface area contributed by atoms with E-state index in [1.807, 2.05) is 19.1 Å². The zero-order valence-electron chi connectivity index (χ0n) is 11.4. The Labute approximate surface area is 112 Å². The van der Waals surface area contributed by atoms with E-state index in [1.165, 1.54) is 5.56 Å². The number of aryl methyl sites for hydroxylation is 2. The summed E-state index contributed by atoms with van der Waals surface area (Å²) >= 11 is 0. The van der Waals surface area contributed by atoms with Crippen LogP contribution >= 0.6 is 0 Å². The van der Waals surface area contributed by atoms with Crippen LogP contribution in [0.5, 0.6) is 0 Å². The molecule has 0 N–H and O–H groups in total. The largest absolute Gasteiger partial charge is 0.460 e. The summed E-state index contributed by atoms with van der Waals surface area (Å²) in [6.45, 7) is 4.13. The van der Waals surface area contributed by atoms with Crippen LogP contribution in [0.4, 0.5) is 0 Å². The van der Waals surface area contributed by atoms with Gasteiger partial charge in [0.25, 0.3) is 5.82 Å². The molecule has 0 fully saturated rings. The Hall–Kier alpha value is -2.17. The van der Waals surface area contributed by atoms with Crippen LogP contribution in [-0.4, -0.2) is 27.3 Å². The second kappa shape index (κ2) is 5.65. The van der Waals surface area contributed by atoms with Gasteiger partial charge in [-0.2, -0.15) is 0 Å². The van der Waals surface area contributed by atoms with E-state index < -0.39 is 5.97 Å². The van der Waals surface area contributed by atoms with E-state index in [9.17, 15) is 4.79 Å². The van der Waals surface area contributed by atoms with Crippen molar-refractivity contribution in [3.8, 4) is 0 Å². The minimum Gasteiger partial charge on any atom is -0.460 e. The molecule has 5 heteroatoms. The average Bonchev–Trinajstić information content (AvgIpc) is 2.74. The predicted molar refractivity (Wildman–Crippen MR) is 70.9 cm³/mol. The monoisotopic (exact) mass is 259 g/mol. The fourth-order valence-corrected chi connectivity index (χ4v) is 1.74. The number of rotatable bonds is 4. The van der Waals surface area contributed by atoms with Crippen molar-refractivity contribution in [1.29, 1.82) is 0 Å². The number of hydrogen-bond donors (Lipinski definition) is 0. The minimum absolute atomic E-state index is 0.117. The van der Waals surface area contributed by atoms with Crippen molar-refractivity contribution >= 4 is 5.97 Å². The Morgan fingerprint density at radius 1 is 1.32 bits per heavy atom. The second-order valence-corrected chi connectivity index (χ2v) is 4.36. The summed E-state index contributed by atoms with van der Waals surface area (Å²) in [6.07, 6.45) is 0.642. The average molecular weight is 259 g/mol. The van der Waals surface area contributed by atoms with Gasteiger partial charge in [-0.15, -0.1) is 5.10 Å². The summed E-state index contributed by atoms with van der Waals surface area (Å²) in [5.41, 5.74) is 2.35. The lowest BCUT2D eigenvalue weighted by molar-refractivity contribution is 0.0512. The zero-order chi connectivity index (χ0) is 13.8. The van der Waals surface area contributed by atoms with Crippen molar-refractivity contribution in [1.82, 2.24) is 14.8 Å². The zero-order valence-corrected chi connectivity index (χ0v) is 11.4. The third kappa shape index (κ3) is 3.19. The van der Waals surface area contributed by atoms with Gasteiger partial charge in [-0.1, -0.05) is 29.8 Å². The number of ether oxygens (including phenoxy) is 1. The Morgan fingerprint density at radius 3 is 2.63 bits per heavy atom. The number of benzene rings is 1. The highest BCUT2D eigenvalue weighted by Crippen LogP contribution is 2.09. The van der Waals surface area contributed by atoms with Crippen LogP contribution in [0.3, 0.4) is 0 Å². The van der Waals surface area contributed by atoms with E-state index in [2.05, 4.69) is 22.2 Å². The molecule has 2 aromatic rings. The van der Waals surface area contributed by atoms with Crippen molar-refractivity contribution in [3.63, 3.8) is 0 Å². The molecule has 0 atom stereocenters. The van der Waals surface area contributed by atoms with Crippen molar-refractivity contribution in [2.75, 3.05) is 6.61 Å². The summed E-state index contributed by atoms with van der Waals surface area (Å²) in [4.78, 5) is 15.8. The first-order valence-electron chi connectivity index (χ1n) is 6.22. The minimum atomic E-state index is -0.478. The topological polar surface area (TPSA) is 57.0 Å². The van der Waals surface area contributed by atoms with Crippen molar-refractivity contribution in [2.24, 2.45) is 7.05 Å². The van der Waals surface area contributed by atoms with E-state index in [0.29, 0.717) is 13.0 Å².